The number of fused-ring (bicyclic) bond motifs is 1. The van der Waals surface area contributed by atoms with Gasteiger partial charge in [0.2, 0.25) is 5.91 Å². The highest BCUT2D eigenvalue weighted by molar-refractivity contribution is 7.99. The Morgan fingerprint density at radius 3 is 2.50 bits per heavy atom. The first-order valence-electron chi connectivity index (χ1n) is 10.6. The number of ether oxygens (including phenoxy) is 1. The Labute approximate surface area is 186 Å². The standard InChI is InChI=1S/C24H28N2O2S2/c1-4-29-20-9-7-18(8-10-20)15-21(27)26-13-11-19(12-14-26)28-24-25-22-16(2)5-6-17(3)23(22)30-24/h5-10,19H,4,11-15H2,1-3H3. The Morgan fingerprint density at radius 2 is 1.83 bits per heavy atom. The molecule has 1 amide bonds. The van der Waals surface area contributed by atoms with Crippen molar-refractivity contribution in [2.75, 3.05) is 18.8 Å². The molecule has 0 bridgehead atoms. The van der Waals surface area contributed by atoms with Crippen LogP contribution in [0.4, 0.5) is 0 Å². The van der Waals surface area contributed by atoms with Crippen molar-refractivity contribution >= 4 is 39.2 Å². The molecule has 2 heterocycles. The summed E-state index contributed by atoms with van der Waals surface area (Å²) < 4.78 is 7.41. The summed E-state index contributed by atoms with van der Waals surface area (Å²) in [4.78, 5) is 20.6. The molecule has 1 aliphatic heterocycles. The molecule has 2 aromatic carbocycles. The number of carbonyl (C=O) groups is 1. The molecule has 0 atom stereocenters. The molecule has 1 fully saturated rings. The number of carbonyl (C=O) groups excluding carboxylic acids is 1. The smallest absolute Gasteiger partial charge is 0.274 e. The van der Waals surface area contributed by atoms with Crippen molar-refractivity contribution in [1.29, 1.82) is 0 Å². The average Bonchev–Trinajstić information content (AvgIpc) is 3.18. The van der Waals surface area contributed by atoms with Crippen LogP contribution in [-0.2, 0) is 11.2 Å². The fraction of sp³-hybridized carbons (Fsp3) is 0.417. The van der Waals surface area contributed by atoms with E-state index < -0.39 is 0 Å². The van der Waals surface area contributed by atoms with E-state index in [0.717, 1.165) is 48.0 Å². The highest BCUT2D eigenvalue weighted by Gasteiger charge is 2.25. The largest absolute Gasteiger partial charge is 0.467 e. The topological polar surface area (TPSA) is 42.4 Å². The molecule has 4 rings (SSSR count). The molecule has 0 unspecified atom stereocenters. The third-order valence-corrected chi connectivity index (χ3v) is 7.55. The third kappa shape index (κ3) is 4.81. The maximum Gasteiger partial charge on any atom is 0.274 e. The van der Waals surface area contributed by atoms with Crippen LogP contribution < -0.4 is 4.74 Å². The quantitative estimate of drug-likeness (QED) is 0.465. The number of thioether (sulfide) groups is 1. The number of benzene rings is 2. The lowest BCUT2D eigenvalue weighted by molar-refractivity contribution is -0.132. The maximum atomic E-state index is 12.7. The van der Waals surface area contributed by atoms with Gasteiger partial charge in [-0.05, 0) is 48.4 Å². The molecule has 1 aliphatic rings. The molecule has 0 saturated carbocycles. The number of amides is 1. The molecule has 3 aromatic rings. The zero-order valence-corrected chi connectivity index (χ0v) is 19.4. The number of likely N-dealkylation sites (tertiary alicyclic amines) is 1. The minimum absolute atomic E-state index is 0.126. The summed E-state index contributed by atoms with van der Waals surface area (Å²) in [7, 11) is 0. The van der Waals surface area contributed by atoms with E-state index in [9.17, 15) is 4.79 Å². The molecule has 6 heteroatoms. The number of piperidine rings is 1. The van der Waals surface area contributed by atoms with E-state index in [2.05, 4.69) is 57.2 Å². The van der Waals surface area contributed by atoms with Crippen LogP contribution in [0, 0.1) is 13.8 Å². The van der Waals surface area contributed by atoms with Crippen LogP contribution in [0.2, 0.25) is 0 Å². The maximum absolute atomic E-state index is 12.7. The zero-order chi connectivity index (χ0) is 21.1. The van der Waals surface area contributed by atoms with Crippen LogP contribution >= 0.6 is 23.1 Å². The molecular formula is C24H28N2O2S2. The lowest BCUT2D eigenvalue weighted by Gasteiger charge is -2.31. The molecule has 4 nitrogen and oxygen atoms in total. The van der Waals surface area contributed by atoms with Crippen molar-refractivity contribution in [3.63, 3.8) is 0 Å². The molecular weight excluding hydrogens is 412 g/mol. The Hall–Kier alpha value is -2.05. The van der Waals surface area contributed by atoms with E-state index in [4.69, 9.17) is 9.72 Å². The molecule has 1 saturated heterocycles. The number of hydrogen-bond acceptors (Lipinski definition) is 5. The van der Waals surface area contributed by atoms with Gasteiger partial charge in [0.05, 0.1) is 16.6 Å². The van der Waals surface area contributed by atoms with Crippen molar-refractivity contribution < 1.29 is 9.53 Å². The summed E-state index contributed by atoms with van der Waals surface area (Å²) in [5.74, 6) is 1.27. The fourth-order valence-corrected chi connectivity index (χ4v) is 5.50. The molecule has 0 spiro atoms. The lowest BCUT2D eigenvalue weighted by Crippen LogP contribution is -2.42. The van der Waals surface area contributed by atoms with Crippen molar-refractivity contribution in [3.8, 4) is 5.19 Å². The van der Waals surface area contributed by atoms with Crippen LogP contribution in [0.25, 0.3) is 10.2 Å². The van der Waals surface area contributed by atoms with Gasteiger partial charge in [-0.15, -0.1) is 11.8 Å². The monoisotopic (exact) mass is 440 g/mol. The van der Waals surface area contributed by atoms with Gasteiger partial charge in [0.15, 0.2) is 0 Å². The number of aryl methyl sites for hydroxylation is 2. The average molecular weight is 441 g/mol. The highest BCUT2D eigenvalue weighted by atomic mass is 32.2. The van der Waals surface area contributed by atoms with Gasteiger partial charge < -0.3 is 9.64 Å². The molecule has 158 valence electrons. The summed E-state index contributed by atoms with van der Waals surface area (Å²) >= 11 is 3.45. The van der Waals surface area contributed by atoms with Crippen molar-refractivity contribution in [2.24, 2.45) is 0 Å². The van der Waals surface area contributed by atoms with E-state index in [1.807, 2.05) is 16.7 Å². The minimum atomic E-state index is 0.126. The van der Waals surface area contributed by atoms with Crippen molar-refractivity contribution in [2.45, 2.75) is 51.0 Å². The Kier molecular flexibility index (Phi) is 6.64. The lowest BCUT2D eigenvalue weighted by atomic mass is 10.1. The SMILES string of the molecule is CCSc1ccc(CC(=O)N2CCC(Oc3nc4c(C)ccc(C)c4s3)CC2)cc1. The van der Waals surface area contributed by atoms with E-state index in [-0.39, 0.29) is 12.0 Å². The Bertz CT molecular complexity index is 983. The van der Waals surface area contributed by atoms with E-state index in [0.29, 0.717) is 6.42 Å². The molecule has 0 radical (unpaired) electrons. The van der Waals surface area contributed by atoms with Crippen LogP contribution in [0.1, 0.15) is 36.5 Å². The van der Waals surface area contributed by atoms with Gasteiger partial charge in [-0.3, -0.25) is 4.79 Å². The molecule has 0 N–H and O–H groups in total. The number of thiazole rings is 1. The van der Waals surface area contributed by atoms with Crippen LogP contribution in [0.5, 0.6) is 5.19 Å². The fourth-order valence-electron chi connectivity index (χ4n) is 3.81. The number of nitrogens with zero attached hydrogens (tertiary/aromatic N) is 2. The van der Waals surface area contributed by atoms with Gasteiger partial charge in [-0.1, -0.05) is 42.5 Å². The second kappa shape index (κ2) is 9.40. The first kappa shape index (κ1) is 21.2. The Morgan fingerprint density at radius 1 is 1.13 bits per heavy atom. The summed E-state index contributed by atoms with van der Waals surface area (Å²) in [6, 6.07) is 12.6. The van der Waals surface area contributed by atoms with E-state index in [1.165, 1.54) is 20.7 Å². The molecule has 1 aromatic heterocycles. The third-order valence-electron chi connectivity index (χ3n) is 5.57. The van der Waals surface area contributed by atoms with Crippen molar-refractivity contribution in [3.05, 3.63) is 53.1 Å². The van der Waals surface area contributed by atoms with Gasteiger partial charge in [-0.25, -0.2) is 4.98 Å². The van der Waals surface area contributed by atoms with Gasteiger partial charge >= 0.3 is 0 Å². The minimum Gasteiger partial charge on any atom is -0.467 e. The number of hydrogen-bond donors (Lipinski definition) is 0. The molecule has 0 aliphatic carbocycles. The normalized spacial score (nSPS) is 15.0. The first-order valence-corrected chi connectivity index (χ1v) is 12.4. The predicted octanol–water partition coefficient (Wildman–Crippen LogP) is 5.64. The number of aromatic nitrogens is 1. The Balaban J connectivity index is 1.31. The van der Waals surface area contributed by atoms with Crippen LogP contribution in [0.15, 0.2) is 41.3 Å². The summed E-state index contributed by atoms with van der Waals surface area (Å²) in [5.41, 5.74) is 4.55. The van der Waals surface area contributed by atoms with Crippen LogP contribution in [0.3, 0.4) is 0 Å². The molecule has 30 heavy (non-hydrogen) atoms. The summed E-state index contributed by atoms with van der Waals surface area (Å²) in [6.07, 6.45) is 2.30. The second-order valence-electron chi connectivity index (χ2n) is 7.81. The second-order valence-corrected chi connectivity index (χ2v) is 10.1. The van der Waals surface area contributed by atoms with E-state index in [1.54, 1.807) is 11.3 Å². The van der Waals surface area contributed by atoms with Gasteiger partial charge in [0.25, 0.3) is 5.19 Å². The van der Waals surface area contributed by atoms with Crippen LogP contribution in [-0.4, -0.2) is 40.7 Å². The van der Waals surface area contributed by atoms with Gasteiger partial charge in [-0.2, -0.15) is 0 Å². The first-order chi connectivity index (χ1) is 14.5. The van der Waals surface area contributed by atoms with Gasteiger partial charge in [0.1, 0.15) is 6.10 Å². The van der Waals surface area contributed by atoms with Gasteiger partial charge in [0, 0.05) is 30.8 Å². The highest BCUT2D eigenvalue weighted by Crippen LogP contribution is 2.33. The zero-order valence-electron chi connectivity index (χ0n) is 17.8. The number of rotatable bonds is 6. The summed E-state index contributed by atoms with van der Waals surface area (Å²) in [6.45, 7) is 7.84. The summed E-state index contributed by atoms with van der Waals surface area (Å²) in [5, 5.41) is 0.747. The van der Waals surface area contributed by atoms with Crippen molar-refractivity contribution in [1.82, 2.24) is 9.88 Å². The van der Waals surface area contributed by atoms with E-state index >= 15 is 0 Å². The predicted molar refractivity (Wildman–Crippen MR) is 126 cm³/mol.